The molecule has 5 nitrogen and oxygen atoms in total. The SMILES string of the molecule is Cc1ccccc1Oc1ccc(NC(=O)c2n[nH]c3ccccc23)cc1. The molecular weight excluding hydrogens is 326 g/mol. The average molecular weight is 343 g/mol. The fourth-order valence-electron chi connectivity index (χ4n) is 2.73. The minimum Gasteiger partial charge on any atom is -0.457 e. The van der Waals surface area contributed by atoms with Crippen LogP contribution in [0.1, 0.15) is 16.1 Å². The van der Waals surface area contributed by atoms with Gasteiger partial charge in [-0.15, -0.1) is 0 Å². The molecule has 0 saturated heterocycles. The number of carbonyl (C=O) groups excluding carboxylic acids is 1. The van der Waals surface area contributed by atoms with Crippen LogP contribution in [0.5, 0.6) is 11.5 Å². The van der Waals surface area contributed by atoms with E-state index in [0.29, 0.717) is 17.1 Å². The predicted molar refractivity (Wildman–Crippen MR) is 102 cm³/mol. The summed E-state index contributed by atoms with van der Waals surface area (Å²) < 4.78 is 5.87. The number of ether oxygens (including phenoxy) is 1. The number of para-hydroxylation sites is 2. The molecule has 0 spiro atoms. The first-order valence-electron chi connectivity index (χ1n) is 8.29. The molecule has 3 aromatic carbocycles. The molecule has 0 aliphatic rings. The van der Waals surface area contributed by atoms with Crippen molar-refractivity contribution in [3.8, 4) is 11.5 Å². The topological polar surface area (TPSA) is 67.0 Å². The van der Waals surface area contributed by atoms with Crippen LogP contribution < -0.4 is 10.1 Å². The number of aromatic amines is 1. The van der Waals surface area contributed by atoms with Gasteiger partial charge in [0.25, 0.3) is 5.91 Å². The summed E-state index contributed by atoms with van der Waals surface area (Å²) in [5.41, 5.74) is 2.95. The first-order valence-corrected chi connectivity index (χ1v) is 8.29. The van der Waals surface area contributed by atoms with Gasteiger partial charge in [0.1, 0.15) is 11.5 Å². The number of H-pyrrole nitrogens is 1. The Morgan fingerprint density at radius 3 is 2.50 bits per heavy atom. The van der Waals surface area contributed by atoms with Crippen LogP contribution in [0, 0.1) is 6.92 Å². The number of aromatic nitrogens is 2. The lowest BCUT2D eigenvalue weighted by Crippen LogP contribution is -2.12. The van der Waals surface area contributed by atoms with Crippen LogP contribution in [0.15, 0.2) is 72.8 Å². The van der Waals surface area contributed by atoms with Crippen LogP contribution >= 0.6 is 0 Å². The Hall–Kier alpha value is -3.60. The zero-order valence-corrected chi connectivity index (χ0v) is 14.2. The standard InChI is InChI=1S/C21H17N3O2/c1-14-6-2-5-9-19(14)26-16-12-10-15(11-13-16)22-21(25)20-17-7-3-4-8-18(17)23-24-20/h2-13H,1H3,(H,22,25)(H,23,24). The van der Waals surface area contributed by atoms with Gasteiger partial charge in [-0.3, -0.25) is 9.89 Å². The number of hydrogen-bond donors (Lipinski definition) is 2. The van der Waals surface area contributed by atoms with Crippen molar-refractivity contribution in [3.63, 3.8) is 0 Å². The van der Waals surface area contributed by atoms with E-state index in [1.54, 1.807) is 12.1 Å². The summed E-state index contributed by atoms with van der Waals surface area (Å²) in [6.07, 6.45) is 0. The lowest BCUT2D eigenvalue weighted by molar-refractivity contribution is 0.102. The molecule has 26 heavy (non-hydrogen) atoms. The van der Waals surface area contributed by atoms with Crippen molar-refractivity contribution in [1.82, 2.24) is 10.2 Å². The lowest BCUT2D eigenvalue weighted by atomic mass is 10.2. The molecule has 1 amide bonds. The van der Waals surface area contributed by atoms with E-state index >= 15 is 0 Å². The smallest absolute Gasteiger partial charge is 0.276 e. The van der Waals surface area contributed by atoms with Crippen molar-refractivity contribution in [1.29, 1.82) is 0 Å². The van der Waals surface area contributed by atoms with E-state index < -0.39 is 0 Å². The third kappa shape index (κ3) is 3.15. The van der Waals surface area contributed by atoms with Gasteiger partial charge in [0, 0.05) is 11.1 Å². The molecule has 1 aromatic heterocycles. The van der Waals surface area contributed by atoms with Gasteiger partial charge in [0.2, 0.25) is 0 Å². The fraction of sp³-hybridized carbons (Fsp3) is 0.0476. The Morgan fingerprint density at radius 1 is 0.962 bits per heavy atom. The summed E-state index contributed by atoms with van der Waals surface area (Å²) in [5.74, 6) is 1.27. The quantitative estimate of drug-likeness (QED) is 0.553. The second kappa shape index (κ2) is 6.72. The highest BCUT2D eigenvalue weighted by Gasteiger charge is 2.14. The average Bonchev–Trinajstić information content (AvgIpc) is 3.09. The third-order valence-corrected chi connectivity index (χ3v) is 4.12. The molecule has 5 heteroatoms. The maximum Gasteiger partial charge on any atom is 0.276 e. The first kappa shape index (κ1) is 15.9. The van der Waals surface area contributed by atoms with Crippen molar-refractivity contribution >= 4 is 22.5 Å². The Morgan fingerprint density at radius 2 is 1.69 bits per heavy atom. The molecule has 0 atom stereocenters. The number of nitrogens with one attached hydrogen (secondary N) is 2. The number of carbonyl (C=O) groups is 1. The van der Waals surface area contributed by atoms with E-state index in [2.05, 4.69) is 15.5 Å². The highest BCUT2D eigenvalue weighted by Crippen LogP contribution is 2.26. The number of aryl methyl sites for hydroxylation is 1. The number of fused-ring (bicyclic) bond motifs is 1. The largest absolute Gasteiger partial charge is 0.457 e. The molecular formula is C21H17N3O2. The summed E-state index contributed by atoms with van der Waals surface area (Å²) >= 11 is 0. The van der Waals surface area contributed by atoms with Crippen LogP contribution in [-0.2, 0) is 0 Å². The molecule has 1 heterocycles. The first-order chi connectivity index (χ1) is 12.7. The van der Waals surface area contributed by atoms with Crippen LogP contribution in [0.25, 0.3) is 10.9 Å². The van der Waals surface area contributed by atoms with Crippen molar-refractivity contribution in [2.45, 2.75) is 6.92 Å². The fourth-order valence-corrected chi connectivity index (χ4v) is 2.73. The number of anilines is 1. The summed E-state index contributed by atoms with van der Waals surface area (Å²) in [7, 11) is 0. The third-order valence-electron chi connectivity index (χ3n) is 4.12. The van der Waals surface area contributed by atoms with Gasteiger partial charge in [0.05, 0.1) is 5.52 Å². The summed E-state index contributed by atoms with van der Waals surface area (Å²) in [6.45, 7) is 2.00. The van der Waals surface area contributed by atoms with Gasteiger partial charge >= 0.3 is 0 Å². The van der Waals surface area contributed by atoms with Crippen molar-refractivity contribution in [2.75, 3.05) is 5.32 Å². The predicted octanol–water partition coefficient (Wildman–Crippen LogP) is 4.92. The van der Waals surface area contributed by atoms with E-state index in [0.717, 1.165) is 22.2 Å². The van der Waals surface area contributed by atoms with E-state index in [1.807, 2.05) is 67.6 Å². The molecule has 0 fully saturated rings. The number of hydrogen-bond acceptors (Lipinski definition) is 3. The number of nitrogens with zero attached hydrogens (tertiary/aromatic N) is 1. The minimum absolute atomic E-state index is 0.255. The zero-order chi connectivity index (χ0) is 17.9. The minimum atomic E-state index is -0.255. The van der Waals surface area contributed by atoms with Crippen LogP contribution in [-0.4, -0.2) is 16.1 Å². The molecule has 0 bridgehead atoms. The Bertz CT molecular complexity index is 1070. The Balaban J connectivity index is 1.49. The van der Waals surface area contributed by atoms with E-state index in [4.69, 9.17) is 4.74 Å². The van der Waals surface area contributed by atoms with Gasteiger partial charge in [-0.05, 0) is 48.9 Å². The highest BCUT2D eigenvalue weighted by atomic mass is 16.5. The molecule has 128 valence electrons. The maximum atomic E-state index is 12.5. The zero-order valence-electron chi connectivity index (χ0n) is 14.2. The second-order valence-electron chi connectivity index (χ2n) is 5.96. The van der Waals surface area contributed by atoms with Crippen molar-refractivity contribution in [2.24, 2.45) is 0 Å². The summed E-state index contributed by atoms with van der Waals surface area (Å²) in [4.78, 5) is 12.5. The lowest BCUT2D eigenvalue weighted by Gasteiger charge is -2.09. The van der Waals surface area contributed by atoms with Crippen molar-refractivity contribution < 1.29 is 9.53 Å². The highest BCUT2D eigenvalue weighted by molar-refractivity contribution is 6.11. The number of benzene rings is 3. The maximum absolute atomic E-state index is 12.5. The summed E-state index contributed by atoms with van der Waals surface area (Å²) in [5, 5.41) is 10.6. The van der Waals surface area contributed by atoms with Gasteiger partial charge in [-0.25, -0.2) is 0 Å². The monoisotopic (exact) mass is 343 g/mol. The van der Waals surface area contributed by atoms with Crippen LogP contribution in [0.2, 0.25) is 0 Å². The van der Waals surface area contributed by atoms with Crippen LogP contribution in [0.3, 0.4) is 0 Å². The summed E-state index contributed by atoms with van der Waals surface area (Å²) in [6, 6.07) is 22.6. The van der Waals surface area contributed by atoms with Gasteiger partial charge < -0.3 is 10.1 Å². The Labute approximate surface area is 150 Å². The molecule has 0 unspecified atom stereocenters. The molecule has 0 radical (unpaired) electrons. The second-order valence-corrected chi connectivity index (χ2v) is 5.96. The molecule has 4 aromatic rings. The Kier molecular flexibility index (Phi) is 4.11. The number of rotatable bonds is 4. The number of amides is 1. The van der Waals surface area contributed by atoms with Gasteiger partial charge in [-0.1, -0.05) is 36.4 Å². The van der Waals surface area contributed by atoms with Crippen LogP contribution in [0.4, 0.5) is 5.69 Å². The van der Waals surface area contributed by atoms with E-state index in [1.165, 1.54) is 0 Å². The molecule has 2 N–H and O–H groups in total. The molecule has 4 rings (SSSR count). The van der Waals surface area contributed by atoms with Gasteiger partial charge in [0.15, 0.2) is 5.69 Å². The van der Waals surface area contributed by atoms with Crippen molar-refractivity contribution in [3.05, 3.63) is 84.1 Å². The van der Waals surface area contributed by atoms with E-state index in [-0.39, 0.29) is 5.91 Å². The molecule has 0 saturated carbocycles. The normalized spacial score (nSPS) is 10.7. The van der Waals surface area contributed by atoms with E-state index in [9.17, 15) is 4.79 Å². The van der Waals surface area contributed by atoms with Gasteiger partial charge in [-0.2, -0.15) is 5.10 Å². The molecule has 0 aliphatic carbocycles. The molecule has 0 aliphatic heterocycles.